The largest absolute Gasteiger partial charge is 0.316 e. The summed E-state index contributed by atoms with van der Waals surface area (Å²) in [4.78, 5) is 14.0. The van der Waals surface area contributed by atoms with Crippen LogP contribution < -0.4 is 5.32 Å². The second-order valence-corrected chi connectivity index (χ2v) is 9.48. The van der Waals surface area contributed by atoms with Crippen LogP contribution in [0.15, 0.2) is 35.7 Å². The lowest BCUT2D eigenvalue weighted by molar-refractivity contribution is -0.115. The molecule has 0 fully saturated rings. The Morgan fingerprint density at radius 2 is 2.13 bits per heavy atom. The van der Waals surface area contributed by atoms with Crippen LogP contribution in [0.3, 0.4) is 0 Å². The number of hydrogen-bond donors (Lipinski definition) is 1. The summed E-state index contributed by atoms with van der Waals surface area (Å²) in [6, 6.07) is 8.62. The molecule has 1 aliphatic carbocycles. The van der Waals surface area contributed by atoms with Crippen molar-refractivity contribution < 1.29 is 9.18 Å². The highest BCUT2D eigenvalue weighted by molar-refractivity contribution is 8.00. The highest BCUT2D eigenvalue weighted by atomic mass is 32.2. The van der Waals surface area contributed by atoms with Gasteiger partial charge in [0.05, 0.1) is 16.5 Å². The number of benzene rings is 1. The number of rotatable bonds is 5. The van der Waals surface area contributed by atoms with E-state index < -0.39 is 11.1 Å². The molecular formula is C21H20FN5OS2. The molecule has 0 bridgehead atoms. The Labute approximate surface area is 182 Å². The van der Waals surface area contributed by atoms with Crippen LogP contribution in [0.1, 0.15) is 42.2 Å². The summed E-state index contributed by atoms with van der Waals surface area (Å²) >= 11 is 2.70. The molecule has 1 unspecified atom stereocenters. The van der Waals surface area contributed by atoms with E-state index in [4.69, 9.17) is 0 Å². The zero-order valence-electron chi connectivity index (χ0n) is 16.4. The number of hydrogen-bond acceptors (Lipinski definition) is 6. The van der Waals surface area contributed by atoms with Gasteiger partial charge in [0.15, 0.2) is 5.16 Å². The lowest BCUT2D eigenvalue weighted by Gasteiger charge is -2.12. The molecule has 154 valence electrons. The minimum Gasteiger partial charge on any atom is -0.316 e. The first kappa shape index (κ1) is 20.6. The predicted molar refractivity (Wildman–Crippen MR) is 116 cm³/mol. The third-order valence-corrected chi connectivity index (χ3v) is 7.31. The number of carbonyl (C=O) groups is 1. The number of nitriles is 1. The van der Waals surface area contributed by atoms with Gasteiger partial charge in [-0.15, -0.1) is 21.5 Å². The molecule has 1 amide bonds. The summed E-state index contributed by atoms with van der Waals surface area (Å²) in [5.74, 6) is -0.619. The van der Waals surface area contributed by atoms with Crippen molar-refractivity contribution in [1.29, 1.82) is 5.26 Å². The molecule has 1 N–H and O–H groups in total. The number of fused-ring (bicyclic) bond motifs is 1. The Bertz CT molecular complexity index is 1120. The van der Waals surface area contributed by atoms with E-state index >= 15 is 0 Å². The summed E-state index contributed by atoms with van der Waals surface area (Å²) in [5, 5.41) is 21.0. The minimum absolute atomic E-state index is 0.226. The summed E-state index contributed by atoms with van der Waals surface area (Å²) < 4.78 is 15.7. The van der Waals surface area contributed by atoms with Crippen molar-refractivity contribution in [3.63, 3.8) is 0 Å². The van der Waals surface area contributed by atoms with Crippen molar-refractivity contribution in [1.82, 2.24) is 14.8 Å². The van der Waals surface area contributed by atoms with Crippen LogP contribution in [0.5, 0.6) is 0 Å². The first-order valence-electron chi connectivity index (χ1n) is 9.75. The quantitative estimate of drug-likeness (QED) is 0.457. The summed E-state index contributed by atoms with van der Waals surface area (Å²) in [6.45, 7) is 1.75. The molecule has 0 saturated heterocycles. The van der Waals surface area contributed by atoms with Crippen molar-refractivity contribution in [3.05, 3.63) is 52.4 Å². The molecule has 0 saturated carbocycles. The predicted octanol–water partition coefficient (Wildman–Crippen LogP) is 4.73. The Morgan fingerprint density at radius 1 is 1.33 bits per heavy atom. The minimum atomic E-state index is -0.506. The zero-order chi connectivity index (χ0) is 21.1. The molecule has 9 heteroatoms. The van der Waals surface area contributed by atoms with Crippen LogP contribution in [0.25, 0.3) is 5.69 Å². The van der Waals surface area contributed by atoms with E-state index in [1.165, 1.54) is 51.4 Å². The van der Waals surface area contributed by atoms with E-state index in [-0.39, 0.29) is 5.91 Å². The third kappa shape index (κ3) is 4.11. The number of aryl methyl sites for hydroxylation is 1. The van der Waals surface area contributed by atoms with E-state index in [0.717, 1.165) is 31.2 Å². The van der Waals surface area contributed by atoms with E-state index in [1.54, 1.807) is 25.1 Å². The summed E-state index contributed by atoms with van der Waals surface area (Å²) in [6.07, 6.45) is 6.63. The topological polar surface area (TPSA) is 83.6 Å². The summed E-state index contributed by atoms with van der Waals surface area (Å²) in [7, 11) is 0. The fraction of sp³-hybridized carbons (Fsp3) is 0.333. The number of anilines is 1. The number of nitrogens with zero attached hydrogens (tertiary/aromatic N) is 4. The molecular weight excluding hydrogens is 421 g/mol. The molecule has 0 aliphatic heterocycles. The Balaban J connectivity index is 1.51. The highest BCUT2D eigenvalue weighted by Crippen LogP contribution is 2.37. The second kappa shape index (κ2) is 8.98. The number of thiophene rings is 1. The maximum absolute atomic E-state index is 14.1. The monoisotopic (exact) mass is 441 g/mol. The standard InChI is InChI=1S/C21H20FN5OS2/c1-13(29-21-26-24-12-27(21)17-9-6-5-8-16(17)22)19(28)25-20-15(11-23)14-7-3-2-4-10-18(14)30-20/h5-6,8-9,12-13H,2-4,7,10H2,1H3,(H,25,28). The average Bonchev–Trinajstić information content (AvgIpc) is 3.24. The van der Waals surface area contributed by atoms with Crippen LogP contribution in [0, 0.1) is 17.1 Å². The molecule has 1 aromatic carbocycles. The van der Waals surface area contributed by atoms with Crippen molar-refractivity contribution in [3.8, 4) is 11.8 Å². The van der Waals surface area contributed by atoms with Gasteiger partial charge in [0, 0.05) is 4.88 Å². The molecule has 3 aromatic rings. The molecule has 2 heterocycles. The van der Waals surface area contributed by atoms with Gasteiger partial charge in [0.1, 0.15) is 23.2 Å². The van der Waals surface area contributed by atoms with Gasteiger partial charge >= 0.3 is 0 Å². The van der Waals surface area contributed by atoms with Gasteiger partial charge in [-0.1, -0.05) is 30.3 Å². The summed E-state index contributed by atoms with van der Waals surface area (Å²) in [5.41, 5.74) is 2.01. The number of halogens is 1. The van der Waals surface area contributed by atoms with Crippen molar-refractivity contribution in [2.24, 2.45) is 0 Å². The van der Waals surface area contributed by atoms with Crippen LogP contribution in [-0.4, -0.2) is 25.9 Å². The first-order chi connectivity index (χ1) is 14.6. The van der Waals surface area contributed by atoms with Gasteiger partial charge < -0.3 is 5.32 Å². The zero-order valence-corrected chi connectivity index (χ0v) is 18.0. The van der Waals surface area contributed by atoms with E-state index in [9.17, 15) is 14.4 Å². The van der Waals surface area contributed by atoms with Crippen LogP contribution in [0.4, 0.5) is 9.39 Å². The van der Waals surface area contributed by atoms with Crippen LogP contribution in [-0.2, 0) is 17.6 Å². The molecule has 0 radical (unpaired) electrons. The highest BCUT2D eigenvalue weighted by Gasteiger charge is 2.24. The average molecular weight is 442 g/mol. The number of amides is 1. The van der Waals surface area contributed by atoms with E-state index in [0.29, 0.717) is 21.4 Å². The second-order valence-electron chi connectivity index (χ2n) is 7.06. The number of para-hydroxylation sites is 1. The molecule has 30 heavy (non-hydrogen) atoms. The van der Waals surface area contributed by atoms with Crippen molar-refractivity contribution >= 4 is 34.0 Å². The molecule has 0 spiro atoms. The number of thioether (sulfide) groups is 1. The maximum Gasteiger partial charge on any atom is 0.238 e. The van der Waals surface area contributed by atoms with Gasteiger partial charge in [0.2, 0.25) is 5.91 Å². The Hall–Kier alpha value is -2.70. The first-order valence-corrected chi connectivity index (χ1v) is 11.4. The fourth-order valence-electron chi connectivity index (χ4n) is 3.49. The van der Waals surface area contributed by atoms with Gasteiger partial charge in [-0.05, 0) is 50.3 Å². The molecule has 4 rings (SSSR count). The van der Waals surface area contributed by atoms with E-state index in [2.05, 4.69) is 21.6 Å². The normalized spacial score (nSPS) is 14.4. The lowest BCUT2D eigenvalue weighted by atomic mass is 10.1. The fourth-order valence-corrected chi connectivity index (χ4v) is 5.57. The number of carbonyl (C=O) groups excluding carboxylic acids is 1. The third-order valence-electron chi connectivity index (χ3n) is 5.05. The van der Waals surface area contributed by atoms with Crippen LogP contribution >= 0.6 is 23.1 Å². The number of aromatic nitrogens is 3. The van der Waals surface area contributed by atoms with Gasteiger partial charge in [0.25, 0.3) is 0 Å². The van der Waals surface area contributed by atoms with Crippen molar-refractivity contribution in [2.45, 2.75) is 49.4 Å². The van der Waals surface area contributed by atoms with Gasteiger partial charge in [-0.25, -0.2) is 4.39 Å². The molecule has 1 aliphatic rings. The number of nitrogens with one attached hydrogen (secondary N) is 1. The van der Waals surface area contributed by atoms with Gasteiger partial charge in [-0.2, -0.15) is 5.26 Å². The van der Waals surface area contributed by atoms with Gasteiger partial charge in [-0.3, -0.25) is 9.36 Å². The smallest absolute Gasteiger partial charge is 0.238 e. The van der Waals surface area contributed by atoms with Crippen molar-refractivity contribution in [2.75, 3.05) is 5.32 Å². The lowest BCUT2D eigenvalue weighted by Crippen LogP contribution is -2.22. The van der Waals surface area contributed by atoms with E-state index in [1.807, 2.05) is 0 Å². The molecule has 2 aromatic heterocycles. The van der Waals surface area contributed by atoms with Crippen LogP contribution in [0.2, 0.25) is 0 Å². The molecule has 6 nitrogen and oxygen atoms in total. The maximum atomic E-state index is 14.1. The Morgan fingerprint density at radius 3 is 2.93 bits per heavy atom. The molecule has 1 atom stereocenters. The SMILES string of the molecule is CC(Sc1nncn1-c1ccccc1F)C(=O)Nc1sc2c(c1C#N)CCCCC2. The Kier molecular flexibility index (Phi) is 6.16.